The first-order chi connectivity index (χ1) is 13.6. The molecule has 7 nitrogen and oxygen atoms in total. The number of amides is 2. The first-order valence-corrected chi connectivity index (χ1v) is 10.7. The van der Waals surface area contributed by atoms with Crippen LogP contribution in [0.5, 0.6) is 0 Å². The Kier molecular flexibility index (Phi) is 7.58. The molecular formula is C19H21ClFN3O4S. The van der Waals surface area contributed by atoms with Gasteiger partial charge in [-0.1, -0.05) is 18.5 Å². The second-order valence-electron chi connectivity index (χ2n) is 6.24. The molecule has 0 saturated heterocycles. The van der Waals surface area contributed by atoms with Crippen LogP contribution in [0.2, 0.25) is 5.02 Å². The molecule has 0 spiro atoms. The molecule has 1 atom stereocenters. The second kappa shape index (κ2) is 9.71. The molecule has 0 saturated carbocycles. The van der Waals surface area contributed by atoms with Crippen molar-refractivity contribution in [1.29, 1.82) is 0 Å². The van der Waals surface area contributed by atoms with Crippen molar-refractivity contribution in [2.75, 3.05) is 11.3 Å². The van der Waals surface area contributed by atoms with Crippen LogP contribution < -0.4 is 15.4 Å². The molecule has 29 heavy (non-hydrogen) atoms. The van der Waals surface area contributed by atoms with Crippen LogP contribution in [0.4, 0.5) is 10.1 Å². The van der Waals surface area contributed by atoms with E-state index in [0.717, 1.165) is 30.7 Å². The maximum Gasteiger partial charge on any atom is 0.261 e. The molecule has 0 radical (unpaired) electrons. The van der Waals surface area contributed by atoms with Gasteiger partial charge in [0.05, 0.1) is 15.6 Å². The zero-order valence-electron chi connectivity index (χ0n) is 15.8. The highest BCUT2D eigenvalue weighted by atomic mass is 35.5. The molecule has 0 aliphatic carbocycles. The molecule has 0 bridgehead atoms. The van der Waals surface area contributed by atoms with Crippen molar-refractivity contribution in [3.63, 3.8) is 0 Å². The van der Waals surface area contributed by atoms with E-state index >= 15 is 0 Å². The maximum absolute atomic E-state index is 13.0. The van der Waals surface area contributed by atoms with E-state index in [1.54, 1.807) is 0 Å². The van der Waals surface area contributed by atoms with Gasteiger partial charge in [-0.3, -0.25) is 14.3 Å². The third-order valence-electron chi connectivity index (χ3n) is 3.89. The van der Waals surface area contributed by atoms with Gasteiger partial charge in [0.25, 0.3) is 15.9 Å². The summed E-state index contributed by atoms with van der Waals surface area (Å²) in [5.41, 5.74) is 0.0908. The van der Waals surface area contributed by atoms with E-state index in [9.17, 15) is 22.4 Å². The third kappa shape index (κ3) is 6.16. The molecule has 2 aromatic carbocycles. The summed E-state index contributed by atoms with van der Waals surface area (Å²) in [5, 5.41) is 5.28. The van der Waals surface area contributed by atoms with Crippen LogP contribution in [0.25, 0.3) is 0 Å². The minimum Gasteiger partial charge on any atom is -0.354 e. The average molecular weight is 442 g/mol. The topological polar surface area (TPSA) is 104 Å². The van der Waals surface area contributed by atoms with Gasteiger partial charge in [0.2, 0.25) is 5.91 Å². The lowest BCUT2D eigenvalue weighted by atomic mass is 10.1. The zero-order valence-corrected chi connectivity index (χ0v) is 17.4. The molecule has 1 unspecified atom stereocenters. The van der Waals surface area contributed by atoms with Crippen LogP contribution in [0.3, 0.4) is 0 Å². The molecular weight excluding hydrogens is 421 g/mol. The fraction of sp³-hybridized carbons (Fsp3) is 0.263. The fourth-order valence-electron chi connectivity index (χ4n) is 2.31. The Balaban J connectivity index is 2.17. The SMILES string of the molecule is CCCNC(=O)C(C)NC(=O)c1ccc(Cl)c(NS(=O)(=O)c2ccc(F)cc2)c1. The monoisotopic (exact) mass is 441 g/mol. The summed E-state index contributed by atoms with van der Waals surface area (Å²) >= 11 is 6.05. The van der Waals surface area contributed by atoms with Gasteiger partial charge in [-0.2, -0.15) is 0 Å². The van der Waals surface area contributed by atoms with Gasteiger partial charge >= 0.3 is 0 Å². The van der Waals surface area contributed by atoms with E-state index in [2.05, 4.69) is 15.4 Å². The standard InChI is InChI=1S/C19H21ClFN3O4S/c1-3-10-22-18(25)12(2)23-19(26)13-4-9-16(20)17(11-13)24-29(27,28)15-7-5-14(21)6-8-15/h4-9,11-12,24H,3,10H2,1-2H3,(H,22,25)(H,23,26). The van der Waals surface area contributed by atoms with Gasteiger partial charge < -0.3 is 10.6 Å². The predicted octanol–water partition coefficient (Wildman–Crippen LogP) is 2.92. The molecule has 0 fully saturated rings. The molecule has 10 heteroatoms. The van der Waals surface area contributed by atoms with Crippen molar-refractivity contribution in [1.82, 2.24) is 10.6 Å². The Bertz CT molecular complexity index is 997. The summed E-state index contributed by atoms with van der Waals surface area (Å²) in [7, 11) is -4.04. The number of hydrogen-bond donors (Lipinski definition) is 3. The number of anilines is 1. The lowest BCUT2D eigenvalue weighted by Crippen LogP contribution is -2.45. The third-order valence-corrected chi connectivity index (χ3v) is 5.60. The molecule has 0 aliphatic rings. The maximum atomic E-state index is 13.0. The van der Waals surface area contributed by atoms with Gasteiger partial charge in [0.15, 0.2) is 0 Å². The van der Waals surface area contributed by atoms with Crippen LogP contribution in [0.1, 0.15) is 30.6 Å². The molecule has 156 valence electrons. The Morgan fingerprint density at radius 2 is 1.79 bits per heavy atom. The first-order valence-electron chi connectivity index (χ1n) is 8.80. The van der Waals surface area contributed by atoms with Crippen molar-refractivity contribution in [3.8, 4) is 0 Å². The highest BCUT2D eigenvalue weighted by Crippen LogP contribution is 2.26. The largest absolute Gasteiger partial charge is 0.354 e. The van der Waals surface area contributed by atoms with Crippen molar-refractivity contribution in [3.05, 3.63) is 58.9 Å². The van der Waals surface area contributed by atoms with E-state index < -0.39 is 27.8 Å². The van der Waals surface area contributed by atoms with Gasteiger partial charge in [-0.25, -0.2) is 12.8 Å². The lowest BCUT2D eigenvalue weighted by Gasteiger charge is -2.15. The van der Waals surface area contributed by atoms with E-state index in [1.165, 1.54) is 25.1 Å². The van der Waals surface area contributed by atoms with E-state index in [4.69, 9.17) is 11.6 Å². The van der Waals surface area contributed by atoms with Crippen LogP contribution in [-0.2, 0) is 14.8 Å². The van der Waals surface area contributed by atoms with Gasteiger partial charge in [0.1, 0.15) is 11.9 Å². The number of nitrogens with one attached hydrogen (secondary N) is 3. The van der Waals surface area contributed by atoms with Crippen molar-refractivity contribution < 1.29 is 22.4 Å². The molecule has 3 N–H and O–H groups in total. The Labute approximate surface area is 173 Å². The molecule has 0 aromatic heterocycles. The second-order valence-corrected chi connectivity index (χ2v) is 8.33. The highest BCUT2D eigenvalue weighted by Gasteiger charge is 2.19. The predicted molar refractivity (Wildman–Crippen MR) is 109 cm³/mol. The number of sulfonamides is 1. The lowest BCUT2D eigenvalue weighted by molar-refractivity contribution is -0.122. The summed E-state index contributed by atoms with van der Waals surface area (Å²) in [4.78, 5) is 24.1. The van der Waals surface area contributed by atoms with Crippen molar-refractivity contribution in [2.45, 2.75) is 31.2 Å². The average Bonchev–Trinajstić information content (AvgIpc) is 2.67. The van der Waals surface area contributed by atoms with Gasteiger partial charge in [-0.15, -0.1) is 0 Å². The Morgan fingerprint density at radius 1 is 1.14 bits per heavy atom. The zero-order chi connectivity index (χ0) is 21.6. The van der Waals surface area contributed by atoms with Crippen molar-refractivity contribution in [2.24, 2.45) is 0 Å². The molecule has 2 rings (SSSR count). The number of carbonyl (C=O) groups excluding carboxylic acids is 2. The summed E-state index contributed by atoms with van der Waals surface area (Å²) in [6.07, 6.45) is 0.765. The van der Waals surface area contributed by atoms with Crippen LogP contribution in [0, 0.1) is 5.82 Å². The number of carbonyl (C=O) groups is 2. The summed E-state index contributed by atoms with van der Waals surface area (Å²) < 4.78 is 40.2. The summed E-state index contributed by atoms with van der Waals surface area (Å²) in [5.74, 6) is -1.47. The minimum absolute atomic E-state index is 0.0215. The molecule has 0 aliphatic heterocycles. The van der Waals surface area contributed by atoms with E-state index in [1.807, 2.05) is 6.92 Å². The normalized spacial score (nSPS) is 12.1. The number of halogens is 2. The number of hydrogen-bond acceptors (Lipinski definition) is 4. The number of rotatable bonds is 8. The van der Waals surface area contributed by atoms with E-state index in [-0.39, 0.29) is 27.1 Å². The van der Waals surface area contributed by atoms with Crippen LogP contribution >= 0.6 is 11.6 Å². The fourth-order valence-corrected chi connectivity index (χ4v) is 3.60. The summed E-state index contributed by atoms with van der Waals surface area (Å²) in [6, 6.07) is 7.51. The Hall–Kier alpha value is -2.65. The molecule has 2 amide bonds. The first kappa shape index (κ1) is 22.6. The highest BCUT2D eigenvalue weighted by molar-refractivity contribution is 7.92. The number of benzene rings is 2. The smallest absolute Gasteiger partial charge is 0.261 e. The summed E-state index contributed by atoms with van der Waals surface area (Å²) in [6.45, 7) is 3.94. The van der Waals surface area contributed by atoms with Gasteiger partial charge in [0, 0.05) is 12.1 Å². The molecule has 2 aromatic rings. The van der Waals surface area contributed by atoms with Crippen LogP contribution in [-0.4, -0.2) is 32.8 Å². The van der Waals surface area contributed by atoms with E-state index in [0.29, 0.717) is 6.54 Å². The Morgan fingerprint density at radius 3 is 2.41 bits per heavy atom. The van der Waals surface area contributed by atoms with Crippen molar-refractivity contribution >= 4 is 39.1 Å². The quantitative estimate of drug-likeness (QED) is 0.585. The minimum atomic E-state index is -4.04. The van der Waals surface area contributed by atoms with Gasteiger partial charge in [-0.05, 0) is 55.8 Å². The molecule has 0 heterocycles. The van der Waals surface area contributed by atoms with Crippen LogP contribution in [0.15, 0.2) is 47.4 Å².